The van der Waals surface area contributed by atoms with Crippen LogP contribution in [0.1, 0.15) is 22.3 Å². The molecule has 3 aromatic carbocycles. The van der Waals surface area contributed by atoms with E-state index in [0.29, 0.717) is 0 Å². The Kier molecular flexibility index (Phi) is 3.17. The van der Waals surface area contributed by atoms with E-state index in [4.69, 9.17) is 5.73 Å². The van der Waals surface area contributed by atoms with Gasteiger partial charge >= 0.3 is 0 Å². The maximum atomic E-state index is 6.27. The summed E-state index contributed by atoms with van der Waals surface area (Å²) in [4.78, 5) is 3.64. The third-order valence-electron chi connectivity index (χ3n) is 5.25. The molecule has 4 rings (SSSR count). The summed E-state index contributed by atoms with van der Waals surface area (Å²) in [6, 6.07) is 14.8. The minimum Gasteiger partial charge on any atom is -0.398 e. The lowest BCUT2D eigenvalue weighted by Crippen LogP contribution is -1.97. The fraction of sp³-hybridized carbons (Fsp3) is 0.182. The largest absolute Gasteiger partial charge is 0.398 e. The van der Waals surface area contributed by atoms with Crippen LogP contribution in [0.15, 0.2) is 42.5 Å². The Morgan fingerprint density at radius 2 is 1.58 bits per heavy atom. The van der Waals surface area contributed by atoms with Gasteiger partial charge in [0.25, 0.3) is 0 Å². The van der Waals surface area contributed by atoms with Crippen LogP contribution < -0.4 is 5.73 Å². The first kappa shape index (κ1) is 14.8. The van der Waals surface area contributed by atoms with E-state index in [1.165, 1.54) is 49.6 Å². The van der Waals surface area contributed by atoms with E-state index in [9.17, 15) is 0 Å². The molecule has 0 amide bonds. The van der Waals surface area contributed by atoms with Crippen LogP contribution in [0, 0.1) is 27.7 Å². The number of H-pyrrole nitrogens is 1. The molecule has 0 aliphatic rings. The van der Waals surface area contributed by atoms with Gasteiger partial charge in [-0.15, -0.1) is 0 Å². The van der Waals surface area contributed by atoms with Crippen LogP contribution in [0.5, 0.6) is 0 Å². The number of aromatic nitrogens is 1. The molecule has 3 N–H and O–H groups in total. The van der Waals surface area contributed by atoms with Gasteiger partial charge in [0.1, 0.15) is 0 Å². The Bertz CT molecular complexity index is 1100. The number of benzene rings is 3. The van der Waals surface area contributed by atoms with Crippen molar-refractivity contribution < 1.29 is 0 Å². The summed E-state index contributed by atoms with van der Waals surface area (Å²) < 4.78 is 0. The molecule has 0 fully saturated rings. The molecule has 0 radical (unpaired) electrons. The minimum absolute atomic E-state index is 0.828. The second-order valence-electron chi connectivity index (χ2n) is 6.76. The Morgan fingerprint density at radius 3 is 2.33 bits per heavy atom. The fourth-order valence-corrected chi connectivity index (χ4v) is 3.89. The summed E-state index contributed by atoms with van der Waals surface area (Å²) in [7, 11) is 0. The van der Waals surface area contributed by atoms with Crippen molar-refractivity contribution in [3.63, 3.8) is 0 Å². The van der Waals surface area contributed by atoms with E-state index in [-0.39, 0.29) is 0 Å². The molecule has 4 aromatic rings. The molecule has 0 saturated heterocycles. The third-order valence-corrected chi connectivity index (χ3v) is 5.25. The lowest BCUT2D eigenvalue weighted by atomic mass is 9.88. The third kappa shape index (κ3) is 1.96. The normalized spacial score (nSPS) is 11.5. The molecule has 120 valence electrons. The van der Waals surface area contributed by atoms with E-state index in [0.717, 1.165) is 11.3 Å². The number of rotatable bonds is 1. The van der Waals surface area contributed by atoms with Crippen molar-refractivity contribution in [3.8, 4) is 11.1 Å². The lowest BCUT2D eigenvalue weighted by molar-refractivity contribution is 1.33. The zero-order valence-electron chi connectivity index (χ0n) is 14.6. The van der Waals surface area contributed by atoms with Crippen molar-refractivity contribution in [1.29, 1.82) is 0 Å². The lowest BCUT2D eigenvalue weighted by Gasteiger charge is -2.16. The summed E-state index contributed by atoms with van der Waals surface area (Å²) >= 11 is 0. The van der Waals surface area contributed by atoms with Crippen LogP contribution in [0.4, 0.5) is 5.69 Å². The van der Waals surface area contributed by atoms with Gasteiger partial charge in [0.15, 0.2) is 0 Å². The molecule has 0 atom stereocenters. The van der Waals surface area contributed by atoms with Crippen molar-refractivity contribution >= 4 is 27.5 Å². The Balaban J connectivity index is 2.18. The Hall–Kier alpha value is -2.74. The Morgan fingerprint density at radius 1 is 0.833 bits per heavy atom. The summed E-state index contributed by atoms with van der Waals surface area (Å²) in [5, 5.41) is 2.63. The SMILES string of the molecule is Cc1ccc2c(c1)[nH]c1c(C)c(-c3ccccc3N)c(C)c(C)c12. The molecule has 0 aliphatic heterocycles. The summed E-state index contributed by atoms with van der Waals surface area (Å²) in [6.45, 7) is 8.74. The van der Waals surface area contributed by atoms with E-state index >= 15 is 0 Å². The number of hydrogen-bond donors (Lipinski definition) is 2. The smallest absolute Gasteiger partial charge is 0.0503 e. The first-order valence-electron chi connectivity index (χ1n) is 8.35. The number of aryl methyl sites for hydroxylation is 3. The molecule has 24 heavy (non-hydrogen) atoms. The number of para-hydroxylation sites is 1. The highest BCUT2D eigenvalue weighted by Crippen LogP contribution is 2.40. The minimum atomic E-state index is 0.828. The summed E-state index contributed by atoms with van der Waals surface area (Å²) in [5.41, 5.74) is 17.1. The highest BCUT2D eigenvalue weighted by atomic mass is 14.7. The van der Waals surface area contributed by atoms with Gasteiger partial charge in [-0.3, -0.25) is 0 Å². The van der Waals surface area contributed by atoms with Gasteiger partial charge in [-0.1, -0.05) is 30.3 Å². The number of nitrogen functional groups attached to an aromatic ring is 1. The molecule has 1 heterocycles. The number of hydrogen-bond acceptors (Lipinski definition) is 1. The van der Waals surface area contributed by atoms with Crippen LogP contribution in [0.2, 0.25) is 0 Å². The van der Waals surface area contributed by atoms with Crippen molar-refractivity contribution in [2.24, 2.45) is 0 Å². The van der Waals surface area contributed by atoms with Crippen LogP contribution in [0.3, 0.4) is 0 Å². The van der Waals surface area contributed by atoms with Gasteiger partial charge in [-0.05, 0) is 67.6 Å². The fourth-order valence-electron chi connectivity index (χ4n) is 3.89. The van der Waals surface area contributed by atoms with Gasteiger partial charge in [0.05, 0.1) is 5.52 Å². The Labute approximate surface area is 142 Å². The highest BCUT2D eigenvalue weighted by molar-refractivity contribution is 6.12. The van der Waals surface area contributed by atoms with Crippen LogP contribution in [0.25, 0.3) is 32.9 Å². The van der Waals surface area contributed by atoms with Gasteiger partial charge in [0, 0.05) is 27.5 Å². The average molecular weight is 314 g/mol. The zero-order chi connectivity index (χ0) is 17.0. The standard InChI is InChI=1S/C22H22N2/c1-12-9-10-17-19(11-12)24-22-15(4)20(13(2)14(3)21(17)22)16-7-5-6-8-18(16)23/h5-11,24H,23H2,1-4H3. The molecule has 0 aliphatic carbocycles. The summed E-state index contributed by atoms with van der Waals surface area (Å²) in [6.07, 6.45) is 0. The van der Waals surface area contributed by atoms with Crippen molar-refractivity contribution in [3.05, 3.63) is 64.7 Å². The van der Waals surface area contributed by atoms with E-state index in [1.54, 1.807) is 0 Å². The van der Waals surface area contributed by atoms with Crippen LogP contribution >= 0.6 is 0 Å². The number of nitrogens with one attached hydrogen (secondary N) is 1. The summed E-state index contributed by atoms with van der Waals surface area (Å²) in [5.74, 6) is 0. The van der Waals surface area contributed by atoms with E-state index in [2.05, 4.69) is 63.0 Å². The number of fused-ring (bicyclic) bond motifs is 3. The van der Waals surface area contributed by atoms with Crippen molar-refractivity contribution in [2.45, 2.75) is 27.7 Å². The number of aromatic amines is 1. The molecule has 0 spiro atoms. The quantitative estimate of drug-likeness (QED) is 0.428. The second kappa shape index (κ2) is 5.13. The van der Waals surface area contributed by atoms with Gasteiger partial charge in [-0.25, -0.2) is 0 Å². The van der Waals surface area contributed by atoms with Crippen molar-refractivity contribution in [1.82, 2.24) is 4.98 Å². The molecule has 1 aromatic heterocycles. The van der Waals surface area contributed by atoms with Crippen LogP contribution in [-0.2, 0) is 0 Å². The monoisotopic (exact) mass is 314 g/mol. The van der Waals surface area contributed by atoms with Crippen LogP contribution in [-0.4, -0.2) is 4.98 Å². The second-order valence-corrected chi connectivity index (χ2v) is 6.76. The van der Waals surface area contributed by atoms with Crippen molar-refractivity contribution in [2.75, 3.05) is 5.73 Å². The molecule has 0 unspecified atom stereocenters. The highest BCUT2D eigenvalue weighted by Gasteiger charge is 2.18. The maximum Gasteiger partial charge on any atom is 0.0503 e. The number of nitrogens with two attached hydrogens (primary N) is 1. The molecular weight excluding hydrogens is 292 g/mol. The van der Waals surface area contributed by atoms with Gasteiger partial charge < -0.3 is 10.7 Å². The molecular formula is C22H22N2. The average Bonchev–Trinajstić information content (AvgIpc) is 2.93. The first-order chi connectivity index (χ1) is 11.5. The number of anilines is 1. The van der Waals surface area contributed by atoms with Gasteiger partial charge in [0.2, 0.25) is 0 Å². The topological polar surface area (TPSA) is 41.8 Å². The predicted molar refractivity (Wildman–Crippen MR) is 105 cm³/mol. The zero-order valence-corrected chi connectivity index (χ0v) is 14.6. The molecule has 2 heteroatoms. The molecule has 0 bridgehead atoms. The van der Waals surface area contributed by atoms with E-state index in [1.807, 2.05) is 12.1 Å². The van der Waals surface area contributed by atoms with Gasteiger partial charge in [-0.2, -0.15) is 0 Å². The molecule has 2 nitrogen and oxygen atoms in total. The maximum absolute atomic E-state index is 6.27. The molecule has 0 saturated carbocycles. The first-order valence-corrected chi connectivity index (χ1v) is 8.35. The van der Waals surface area contributed by atoms with E-state index < -0.39 is 0 Å². The predicted octanol–water partition coefficient (Wildman–Crippen LogP) is 5.80.